The van der Waals surface area contributed by atoms with E-state index < -0.39 is 0 Å². The Balaban J connectivity index is 1.95. The summed E-state index contributed by atoms with van der Waals surface area (Å²) < 4.78 is 12.0. The minimum absolute atomic E-state index is 0.633. The highest BCUT2D eigenvalue weighted by atomic mass is 79.9. The fourth-order valence-corrected chi connectivity index (χ4v) is 3.40. The molecule has 1 saturated carbocycles. The molecule has 1 aromatic carbocycles. The second kappa shape index (κ2) is 7.89. The van der Waals surface area contributed by atoms with E-state index in [1.807, 2.05) is 6.92 Å². The third-order valence-electron chi connectivity index (χ3n) is 3.81. The van der Waals surface area contributed by atoms with Crippen molar-refractivity contribution in [1.29, 1.82) is 0 Å². The van der Waals surface area contributed by atoms with E-state index in [1.165, 1.54) is 31.2 Å². The molecule has 0 spiro atoms. The van der Waals surface area contributed by atoms with Gasteiger partial charge in [0, 0.05) is 6.54 Å². The lowest BCUT2D eigenvalue weighted by atomic mass is 10.1. The lowest BCUT2D eigenvalue weighted by Gasteiger charge is -2.15. The average molecular weight is 342 g/mol. The van der Waals surface area contributed by atoms with Gasteiger partial charge in [-0.15, -0.1) is 0 Å². The Morgan fingerprint density at radius 1 is 1.30 bits per heavy atom. The van der Waals surface area contributed by atoms with E-state index in [1.54, 1.807) is 7.11 Å². The van der Waals surface area contributed by atoms with Gasteiger partial charge in [0.25, 0.3) is 0 Å². The van der Waals surface area contributed by atoms with Crippen LogP contribution >= 0.6 is 15.9 Å². The monoisotopic (exact) mass is 341 g/mol. The molecule has 0 bridgehead atoms. The first-order valence-corrected chi connectivity index (χ1v) is 8.23. The summed E-state index contributed by atoms with van der Waals surface area (Å²) in [5.74, 6) is 2.44. The van der Waals surface area contributed by atoms with Crippen molar-refractivity contribution in [2.45, 2.75) is 39.2 Å². The highest BCUT2D eigenvalue weighted by Crippen LogP contribution is 2.36. The van der Waals surface area contributed by atoms with Crippen molar-refractivity contribution in [3.8, 4) is 11.5 Å². The Morgan fingerprint density at radius 3 is 2.70 bits per heavy atom. The van der Waals surface area contributed by atoms with Crippen molar-refractivity contribution >= 4 is 15.9 Å². The molecule has 1 aliphatic rings. The van der Waals surface area contributed by atoms with Gasteiger partial charge >= 0.3 is 0 Å². The Hall–Kier alpha value is -0.740. The topological polar surface area (TPSA) is 30.5 Å². The highest BCUT2D eigenvalue weighted by Gasteiger charge is 2.15. The number of rotatable bonds is 7. The number of methoxy groups -OCH3 is 1. The number of hydrogen-bond donors (Lipinski definition) is 1. The van der Waals surface area contributed by atoms with Crippen molar-refractivity contribution in [2.24, 2.45) is 5.92 Å². The molecule has 2 rings (SSSR count). The molecule has 0 aliphatic heterocycles. The molecular weight excluding hydrogens is 318 g/mol. The van der Waals surface area contributed by atoms with Gasteiger partial charge in [0.05, 0.1) is 18.2 Å². The molecule has 0 unspecified atom stereocenters. The molecule has 112 valence electrons. The summed E-state index contributed by atoms with van der Waals surface area (Å²) in [5.41, 5.74) is 1.22. The van der Waals surface area contributed by atoms with Crippen molar-refractivity contribution in [3.05, 3.63) is 22.2 Å². The van der Waals surface area contributed by atoms with Crippen LogP contribution in [0.2, 0.25) is 0 Å². The average Bonchev–Trinajstić information content (AvgIpc) is 2.94. The zero-order valence-electron chi connectivity index (χ0n) is 12.4. The number of ether oxygens (including phenoxy) is 2. The van der Waals surface area contributed by atoms with E-state index in [0.717, 1.165) is 35.0 Å². The molecule has 1 fully saturated rings. The molecule has 1 aliphatic carbocycles. The fraction of sp³-hybridized carbons (Fsp3) is 0.625. The lowest BCUT2D eigenvalue weighted by molar-refractivity contribution is 0.308. The Kier molecular flexibility index (Phi) is 6.17. The van der Waals surface area contributed by atoms with Gasteiger partial charge in [0.2, 0.25) is 0 Å². The highest BCUT2D eigenvalue weighted by molar-refractivity contribution is 9.10. The van der Waals surface area contributed by atoms with Crippen molar-refractivity contribution < 1.29 is 9.47 Å². The summed E-state index contributed by atoms with van der Waals surface area (Å²) in [6.07, 6.45) is 5.55. The van der Waals surface area contributed by atoms with Crippen molar-refractivity contribution in [3.63, 3.8) is 0 Å². The summed E-state index contributed by atoms with van der Waals surface area (Å²) in [4.78, 5) is 0. The normalized spacial score (nSPS) is 15.6. The molecule has 20 heavy (non-hydrogen) atoms. The van der Waals surface area contributed by atoms with Crippen molar-refractivity contribution in [2.75, 3.05) is 20.3 Å². The van der Waals surface area contributed by atoms with E-state index in [2.05, 4.69) is 33.4 Å². The van der Waals surface area contributed by atoms with Gasteiger partial charge in [-0.2, -0.15) is 0 Å². The first kappa shape index (κ1) is 15.6. The maximum atomic E-state index is 5.61. The minimum atomic E-state index is 0.633. The number of halogens is 1. The van der Waals surface area contributed by atoms with Gasteiger partial charge in [-0.25, -0.2) is 0 Å². The third-order valence-corrected chi connectivity index (χ3v) is 4.40. The van der Waals surface area contributed by atoms with Crippen LogP contribution in [0.25, 0.3) is 0 Å². The first-order valence-electron chi connectivity index (χ1n) is 7.44. The molecule has 3 nitrogen and oxygen atoms in total. The van der Waals surface area contributed by atoms with Crippen LogP contribution in [0, 0.1) is 5.92 Å². The largest absolute Gasteiger partial charge is 0.493 e. The third kappa shape index (κ3) is 4.13. The van der Waals surface area contributed by atoms with Gasteiger partial charge in [-0.05, 0) is 65.9 Å². The number of hydrogen-bond acceptors (Lipinski definition) is 3. The zero-order valence-corrected chi connectivity index (χ0v) is 14.0. The van der Waals surface area contributed by atoms with E-state index in [4.69, 9.17) is 9.47 Å². The molecule has 1 aromatic rings. The van der Waals surface area contributed by atoms with Crippen LogP contribution in [0.3, 0.4) is 0 Å². The zero-order chi connectivity index (χ0) is 14.4. The summed E-state index contributed by atoms with van der Waals surface area (Å²) in [6, 6.07) is 4.16. The Morgan fingerprint density at radius 2 is 2.05 bits per heavy atom. The summed E-state index contributed by atoms with van der Waals surface area (Å²) in [7, 11) is 1.68. The molecule has 0 atom stereocenters. The molecule has 1 N–H and O–H groups in total. The first-order chi connectivity index (χ1) is 9.74. The van der Waals surface area contributed by atoms with E-state index in [0.29, 0.717) is 6.61 Å². The van der Waals surface area contributed by atoms with Crippen LogP contribution < -0.4 is 14.8 Å². The fourth-order valence-electron chi connectivity index (χ4n) is 2.79. The number of nitrogens with one attached hydrogen (secondary N) is 1. The molecule has 4 heteroatoms. The minimum Gasteiger partial charge on any atom is -0.493 e. The number of benzene rings is 1. The quantitative estimate of drug-likeness (QED) is 0.808. The molecular formula is C16H24BrNO2. The van der Waals surface area contributed by atoms with Crippen LogP contribution in [0.4, 0.5) is 0 Å². The Bertz CT molecular complexity index is 431. The second-order valence-corrected chi connectivity index (χ2v) is 6.18. The predicted molar refractivity (Wildman–Crippen MR) is 85.5 cm³/mol. The van der Waals surface area contributed by atoms with E-state index in [-0.39, 0.29) is 0 Å². The van der Waals surface area contributed by atoms with Crippen molar-refractivity contribution in [1.82, 2.24) is 5.32 Å². The maximum absolute atomic E-state index is 5.61. The van der Waals surface area contributed by atoms with Crippen LogP contribution in [-0.4, -0.2) is 20.3 Å². The summed E-state index contributed by atoms with van der Waals surface area (Å²) in [5, 5.41) is 3.56. The van der Waals surface area contributed by atoms with Crippen LogP contribution in [0.5, 0.6) is 11.5 Å². The summed E-state index contributed by atoms with van der Waals surface area (Å²) >= 11 is 3.57. The maximum Gasteiger partial charge on any atom is 0.175 e. The summed E-state index contributed by atoms with van der Waals surface area (Å²) in [6.45, 7) is 4.60. The van der Waals surface area contributed by atoms with Gasteiger partial charge < -0.3 is 14.8 Å². The van der Waals surface area contributed by atoms with Gasteiger partial charge in [-0.1, -0.05) is 12.8 Å². The smallest absolute Gasteiger partial charge is 0.175 e. The Labute approximate surface area is 130 Å². The van der Waals surface area contributed by atoms with E-state index >= 15 is 0 Å². The second-order valence-electron chi connectivity index (χ2n) is 5.32. The molecule has 0 amide bonds. The molecule has 0 radical (unpaired) electrons. The predicted octanol–water partition coefficient (Wildman–Crippen LogP) is 4.14. The van der Waals surface area contributed by atoms with Crippen LogP contribution in [0.15, 0.2) is 16.6 Å². The molecule has 0 saturated heterocycles. The molecule has 0 heterocycles. The lowest BCUT2D eigenvalue weighted by Crippen LogP contribution is -2.20. The SMILES string of the molecule is CCOc1c(Br)cc(CNCC2CCCC2)cc1OC. The standard InChI is InChI=1S/C16H24BrNO2/c1-3-20-16-14(17)8-13(9-15(16)19-2)11-18-10-12-6-4-5-7-12/h8-9,12,18H,3-7,10-11H2,1-2H3. The van der Waals surface area contributed by atoms with Crippen LogP contribution in [-0.2, 0) is 6.54 Å². The van der Waals surface area contributed by atoms with E-state index in [9.17, 15) is 0 Å². The molecule has 0 aromatic heterocycles. The van der Waals surface area contributed by atoms with Gasteiger partial charge in [-0.3, -0.25) is 0 Å². The van der Waals surface area contributed by atoms with Gasteiger partial charge in [0.15, 0.2) is 11.5 Å². The van der Waals surface area contributed by atoms with Gasteiger partial charge in [0.1, 0.15) is 0 Å². The van der Waals surface area contributed by atoms with Crippen LogP contribution in [0.1, 0.15) is 38.2 Å².